The smallest absolute Gasteiger partial charge is 0.167 e. The van der Waals surface area contributed by atoms with Gasteiger partial charge in [-0.15, -0.1) is 6.58 Å². The molecule has 4 atom stereocenters. The lowest BCUT2D eigenvalue weighted by molar-refractivity contribution is -0.0214. The first-order valence-electron chi connectivity index (χ1n) is 12.7. The third-order valence-corrected chi connectivity index (χ3v) is 7.42. The van der Waals surface area contributed by atoms with Crippen LogP contribution in [0.15, 0.2) is 36.9 Å². The second kappa shape index (κ2) is 11.7. The first-order valence-corrected chi connectivity index (χ1v) is 12.7. The summed E-state index contributed by atoms with van der Waals surface area (Å²) < 4.78 is 71.8. The summed E-state index contributed by atoms with van der Waals surface area (Å²) >= 11 is 0. The van der Waals surface area contributed by atoms with Crippen molar-refractivity contribution in [2.24, 2.45) is 11.8 Å². The van der Waals surface area contributed by atoms with E-state index in [9.17, 15) is 0 Å². The van der Waals surface area contributed by atoms with E-state index < -0.39 is 35.5 Å². The lowest BCUT2D eigenvalue weighted by atomic mass is 9.89. The summed E-state index contributed by atoms with van der Waals surface area (Å²) in [7, 11) is 0. The van der Waals surface area contributed by atoms with Gasteiger partial charge in [0.2, 0.25) is 0 Å². The number of hydrogen-bond donors (Lipinski definition) is 0. The highest BCUT2D eigenvalue weighted by molar-refractivity contribution is 5.66. The minimum atomic E-state index is -1.19. The van der Waals surface area contributed by atoms with Crippen LogP contribution < -0.4 is 0 Å². The van der Waals surface area contributed by atoms with Gasteiger partial charge in [0.05, 0.1) is 25.4 Å². The molecule has 2 heterocycles. The molecule has 0 aromatic heterocycles. The van der Waals surface area contributed by atoms with Gasteiger partial charge < -0.3 is 9.47 Å². The Morgan fingerprint density at radius 2 is 1.23 bits per heavy atom. The number of allylic oxidation sites excluding steroid dienone is 1. The lowest BCUT2D eigenvalue weighted by Gasteiger charge is -2.30. The molecule has 0 radical (unpaired) electrons. The monoisotopic (exact) mass is 490 g/mol. The van der Waals surface area contributed by atoms with Crippen LogP contribution in [0.5, 0.6) is 0 Å². The van der Waals surface area contributed by atoms with Crippen LogP contribution in [0.1, 0.15) is 81.6 Å². The average Bonchev–Trinajstić information content (AvgIpc) is 2.87. The first-order chi connectivity index (χ1) is 16.9. The molecule has 0 bridgehead atoms. The van der Waals surface area contributed by atoms with Crippen LogP contribution in [0.25, 0.3) is 11.1 Å². The Hall–Kier alpha value is -2.18. The number of halogens is 4. The summed E-state index contributed by atoms with van der Waals surface area (Å²) in [4.78, 5) is 0. The fourth-order valence-electron chi connectivity index (χ4n) is 5.36. The summed E-state index contributed by atoms with van der Waals surface area (Å²) in [6.45, 7) is 6.82. The van der Waals surface area contributed by atoms with Gasteiger partial charge in [-0.05, 0) is 56.8 Å². The van der Waals surface area contributed by atoms with Gasteiger partial charge in [0.15, 0.2) is 23.3 Å². The SMILES string of the molecule is C=CCCC1CCC(c2ccc(-c3ccc(C4CCC(CCC)CO4)c(F)c3F)c(F)c2F)OC1. The molecule has 2 fully saturated rings. The third-order valence-electron chi connectivity index (χ3n) is 7.42. The highest BCUT2D eigenvalue weighted by Gasteiger charge is 2.30. The van der Waals surface area contributed by atoms with Crippen LogP contribution in [0.3, 0.4) is 0 Å². The molecule has 0 spiro atoms. The predicted molar refractivity (Wildman–Crippen MR) is 129 cm³/mol. The van der Waals surface area contributed by atoms with Gasteiger partial charge in [0.1, 0.15) is 0 Å². The van der Waals surface area contributed by atoms with Crippen molar-refractivity contribution >= 4 is 0 Å². The Kier molecular flexibility index (Phi) is 8.66. The largest absolute Gasteiger partial charge is 0.373 e. The zero-order valence-corrected chi connectivity index (χ0v) is 20.3. The zero-order chi connectivity index (χ0) is 24.9. The highest BCUT2D eigenvalue weighted by atomic mass is 19.2. The number of ether oxygens (including phenoxy) is 2. The van der Waals surface area contributed by atoms with E-state index >= 15 is 17.6 Å². The normalized spacial score (nSPS) is 24.9. The first kappa shape index (κ1) is 25.9. The maximum atomic E-state index is 15.1. The summed E-state index contributed by atoms with van der Waals surface area (Å²) in [6, 6.07) is 5.47. The predicted octanol–water partition coefficient (Wildman–Crippen LogP) is 8.61. The van der Waals surface area contributed by atoms with E-state index in [4.69, 9.17) is 9.47 Å². The topological polar surface area (TPSA) is 18.5 Å². The van der Waals surface area contributed by atoms with E-state index in [1.54, 1.807) is 0 Å². The minimum Gasteiger partial charge on any atom is -0.373 e. The van der Waals surface area contributed by atoms with Crippen molar-refractivity contribution in [3.05, 3.63) is 71.3 Å². The minimum absolute atomic E-state index is 0.114. The maximum Gasteiger partial charge on any atom is 0.167 e. The van der Waals surface area contributed by atoms with Crippen molar-refractivity contribution in [1.82, 2.24) is 0 Å². The van der Waals surface area contributed by atoms with Crippen molar-refractivity contribution in [1.29, 1.82) is 0 Å². The molecule has 190 valence electrons. The van der Waals surface area contributed by atoms with Crippen LogP contribution in [0, 0.1) is 35.1 Å². The van der Waals surface area contributed by atoms with Crippen LogP contribution >= 0.6 is 0 Å². The van der Waals surface area contributed by atoms with E-state index in [0.29, 0.717) is 37.9 Å². The quantitative estimate of drug-likeness (QED) is 0.272. The van der Waals surface area contributed by atoms with Crippen LogP contribution in [0.4, 0.5) is 17.6 Å². The second-order valence-electron chi connectivity index (χ2n) is 9.85. The van der Waals surface area contributed by atoms with Gasteiger partial charge in [-0.3, -0.25) is 0 Å². The standard InChI is InChI=1S/C29H34F4O2/c1-3-5-7-19-9-15-25(35-17-19)23-13-11-21(27(31)29(23)33)20-10-12-22(28(32)26(20)30)24-14-8-18(6-4-2)16-34-24/h3,10-13,18-19,24-25H,1,4-9,14-17H2,2H3. The summed E-state index contributed by atoms with van der Waals surface area (Å²) in [5.41, 5.74) is -0.368. The van der Waals surface area contributed by atoms with Gasteiger partial charge in [0, 0.05) is 22.3 Å². The Morgan fingerprint density at radius 1 is 0.743 bits per heavy atom. The molecule has 2 aliphatic rings. The Labute approximate surface area is 205 Å². The van der Waals surface area contributed by atoms with Crippen LogP contribution in [-0.4, -0.2) is 13.2 Å². The van der Waals surface area contributed by atoms with Gasteiger partial charge in [-0.1, -0.05) is 43.7 Å². The Morgan fingerprint density at radius 3 is 1.63 bits per heavy atom. The molecule has 2 aromatic rings. The number of benzene rings is 2. The fraction of sp³-hybridized carbons (Fsp3) is 0.517. The van der Waals surface area contributed by atoms with E-state index in [1.165, 1.54) is 24.3 Å². The molecular formula is C29H34F4O2. The molecule has 2 nitrogen and oxygen atoms in total. The molecule has 2 aliphatic heterocycles. The van der Waals surface area contributed by atoms with Crippen molar-refractivity contribution < 1.29 is 27.0 Å². The molecule has 4 unspecified atom stereocenters. The second-order valence-corrected chi connectivity index (χ2v) is 9.85. The van der Waals surface area contributed by atoms with Crippen molar-refractivity contribution in [2.45, 2.75) is 70.5 Å². The molecule has 0 aliphatic carbocycles. The lowest BCUT2D eigenvalue weighted by Crippen LogP contribution is -2.22. The fourth-order valence-corrected chi connectivity index (χ4v) is 5.36. The summed E-state index contributed by atoms with van der Waals surface area (Å²) in [6.07, 6.45) is 7.65. The third kappa shape index (κ3) is 5.64. The van der Waals surface area contributed by atoms with Crippen molar-refractivity contribution in [3.8, 4) is 11.1 Å². The Bertz CT molecular complexity index is 1020. The van der Waals surface area contributed by atoms with Crippen LogP contribution in [-0.2, 0) is 9.47 Å². The average molecular weight is 491 g/mol. The molecule has 2 aromatic carbocycles. The van der Waals surface area contributed by atoms with Gasteiger partial charge in [-0.2, -0.15) is 0 Å². The van der Waals surface area contributed by atoms with E-state index in [1.807, 2.05) is 6.08 Å². The Balaban J connectivity index is 1.51. The number of rotatable bonds is 8. The summed E-state index contributed by atoms with van der Waals surface area (Å²) in [5, 5.41) is 0. The summed E-state index contributed by atoms with van der Waals surface area (Å²) in [5.74, 6) is -3.71. The number of hydrogen-bond acceptors (Lipinski definition) is 2. The van der Waals surface area contributed by atoms with E-state index in [2.05, 4.69) is 13.5 Å². The molecule has 35 heavy (non-hydrogen) atoms. The molecule has 2 saturated heterocycles. The molecule has 6 heteroatoms. The van der Waals surface area contributed by atoms with Gasteiger partial charge in [0.25, 0.3) is 0 Å². The van der Waals surface area contributed by atoms with Gasteiger partial charge in [-0.25, -0.2) is 17.6 Å². The molecule has 0 amide bonds. The molecule has 0 saturated carbocycles. The van der Waals surface area contributed by atoms with Crippen molar-refractivity contribution in [3.63, 3.8) is 0 Å². The molecule has 4 rings (SSSR count). The molecular weight excluding hydrogens is 456 g/mol. The van der Waals surface area contributed by atoms with Crippen molar-refractivity contribution in [2.75, 3.05) is 13.2 Å². The van der Waals surface area contributed by atoms with E-state index in [0.717, 1.165) is 38.5 Å². The molecule has 0 N–H and O–H groups in total. The highest BCUT2D eigenvalue weighted by Crippen LogP contribution is 2.39. The van der Waals surface area contributed by atoms with E-state index in [-0.39, 0.29) is 22.3 Å². The zero-order valence-electron chi connectivity index (χ0n) is 20.3. The maximum absolute atomic E-state index is 15.1. The van der Waals surface area contributed by atoms with Crippen LogP contribution in [0.2, 0.25) is 0 Å². The van der Waals surface area contributed by atoms with Gasteiger partial charge >= 0.3 is 0 Å².